The molecule has 0 atom stereocenters. The molecule has 0 unspecified atom stereocenters. The molecule has 1 N–H and O–H groups in total. The third-order valence-electron chi connectivity index (χ3n) is 3.21. The molecule has 3 aromatic rings. The van der Waals surface area contributed by atoms with Gasteiger partial charge in [-0.05, 0) is 17.7 Å². The summed E-state index contributed by atoms with van der Waals surface area (Å²) in [5.41, 5.74) is 1.53. The van der Waals surface area contributed by atoms with Gasteiger partial charge < -0.3 is 10.1 Å². The highest BCUT2D eigenvalue weighted by Crippen LogP contribution is 2.23. The maximum Gasteiger partial charge on any atom is 0.348 e. The molecule has 122 valence electrons. The number of hydrogen-bond donors (Lipinski definition) is 1. The number of amides is 1. The molecule has 2 aromatic heterocycles. The number of thiazole rings is 1. The third kappa shape index (κ3) is 3.87. The molecule has 0 saturated carbocycles. The fourth-order valence-corrected chi connectivity index (χ4v) is 3.69. The summed E-state index contributed by atoms with van der Waals surface area (Å²) in [5, 5.41) is 5.95. The number of methoxy groups -OCH3 is 1. The number of nitrogens with zero attached hydrogens (tertiary/aromatic N) is 1. The largest absolute Gasteiger partial charge is 0.465 e. The van der Waals surface area contributed by atoms with Gasteiger partial charge in [0.1, 0.15) is 10.6 Å². The van der Waals surface area contributed by atoms with E-state index in [2.05, 4.69) is 15.0 Å². The molecule has 0 saturated heterocycles. The van der Waals surface area contributed by atoms with E-state index in [1.807, 2.05) is 30.3 Å². The molecule has 0 spiro atoms. The number of carbonyl (C=O) groups excluding carboxylic acids is 2. The summed E-state index contributed by atoms with van der Waals surface area (Å²) >= 11 is 2.62. The Morgan fingerprint density at radius 1 is 1.17 bits per heavy atom. The van der Waals surface area contributed by atoms with Crippen LogP contribution in [0.5, 0.6) is 0 Å². The van der Waals surface area contributed by atoms with Gasteiger partial charge in [0.25, 0.3) is 5.91 Å². The molecule has 2 heterocycles. The second-order valence-electron chi connectivity index (χ2n) is 4.90. The van der Waals surface area contributed by atoms with E-state index in [1.54, 1.807) is 17.5 Å². The van der Waals surface area contributed by atoms with Gasteiger partial charge in [0.05, 0.1) is 17.1 Å². The number of benzene rings is 1. The SMILES string of the molecule is COC(=O)c1ccc(NC(=O)c2csc(Cc3ccccc3)n2)s1. The zero-order valence-corrected chi connectivity index (χ0v) is 14.4. The van der Waals surface area contributed by atoms with Gasteiger partial charge in [0.15, 0.2) is 0 Å². The first kappa shape index (κ1) is 16.4. The number of hydrogen-bond acceptors (Lipinski definition) is 6. The highest BCUT2D eigenvalue weighted by Gasteiger charge is 2.14. The van der Waals surface area contributed by atoms with Gasteiger partial charge in [0.2, 0.25) is 0 Å². The van der Waals surface area contributed by atoms with Crippen molar-refractivity contribution < 1.29 is 14.3 Å². The number of nitrogens with one attached hydrogen (secondary N) is 1. The van der Waals surface area contributed by atoms with E-state index < -0.39 is 5.97 Å². The molecule has 3 rings (SSSR count). The minimum Gasteiger partial charge on any atom is -0.465 e. The molecule has 5 nitrogen and oxygen atoms in total. The summed E-state index contributed by atoms with van der Waals surface area (Å²) in [6.45, 7) is 0. The first-order chi connectivity index (χ1) is 11.7. The van der Waals surface area contributed by atoms with Crippen LogP contribution in [0.1, 0.15) is 30.7 Å². The van der Waals surface area contributed by atoms with Crippen molar-refractivity contribution in [3.63, 3.8) is 0 Å². The zero-order valence-electron chi connectivity index (χ0n) is 12.8. The Labute approximate surface area is 146 Å². The van der Waals surface area contributed by atoms with Crippen LogP contribution in [0.15, 0.2) is 47.8 Å². The number of esters is 1. The van der Waals surface area contributed by atoms with Crippen molar-refractivity contribution in [1.29, 1.82) is 0 Å². The average molecular weight is 358 g/mol. The van der Waals surface area contributed by atoms with Crippen molar-refractivity contribution in [2.75, 3.05) is 12.4 Å². The van der Waals surface area contributed by atoms with E-state index in [-0.39, 0.29) is 5.91 Å². The number of carbonyl (C=O) groups is 2. The molecule has 0 bridgehead atoms. The Hall–Kier alpha value is -2.51. The van der Waals surface area contributed by atoms with Crippen LogP contribution in [0.2, 0.25) is 0 Å². The van der Waals surface area contributed by atoms with Gasteiger partial charge in [-0.2, -0.15) is 0 Å². The highest BCUT2D eigenvalue weighted by molar-refractivity contribution is 7.18. The monoisotopic (exact) mass is 358 g/mol. The highest BCUT2D eigenvalue weighted by atomic mass is 32.1. The molecular weight excluding hydrogens is 344 g/mol. The standard InChI is InChI=1S/C17H14N2O3S2/c1-22-17(21)13-7-8-14(24-13)19-16(20)12-10-23-15(18-12)9-11-5-3-2-4-6-11/h2-8,10H,9H2,1H3,(H,19,20). The van der Waals surface area contributed by atoms with E-state index in [9.17, 15) is 9.59 Å². The average Bonchev–Trinajstić information content (AvgIpc) is 3.25. The molecule has 7 heteroatoms. The van der Waals surface area contributed by atoms with Crippen molar-refractivity contribution in [3.05, 3.63) is 69.0 Å². The van der Waals surface area contributed by atoms with Crippen LogP contribution in [-0.2, 0) is 11.2 Å². The molecule has 0 aliphatic carbocycles. The summed E-state index contributed by atoms with van der Waals surface area (Å²) in [5.74, 6) is -0.705. The fourth-order valence-electron chi connectivity index (χ4n) is 2.06. The number of ether oxygens (including phenoxy) is 1. The van der Waals surface area contributed by atoms with E-state index in [4.69, 9.17) is 0 Å². The normalized spacial score (nSPS) is 10.4. The molecular formula is C17H14N2O3S2. The predicted molar refractivity (Wildman–Crippen MR) is 95.0 cm³/mol. The number of rotatable bonds is 5. The first-order valence-corrected chi connectivity index (χ1v) is 8.83. The van der Waals surface area contributed by atoms with Crippen molar-refractivity contribution in [1.82, 2.24) is 4.98 Å². The summed E-state index contributed by atoms with van der Waals surface area (Å²) in [6.07, 6.45) is 0.699. The molecule has 0 aliphatic heterocycles. The maximum absolute atomic E-state index is 12.3. The van der Waals surface area contributed by atoms with E-state index in [1.165, 1.54) is 29.8 Å². The van der Waals surface area contributed by atoms with Crippen molar-refractivity contribution in [2.45, 2.75) is 6.42 Å². The zero-order chi connectivity index (χ0) is 16.9. The second kappa shape index (κ2) is 7.37. The number of anilines is 1. The predicted octanol–water partition coefficient (Wildman–Crippen LogP) is 3.83. The lowest BCUT2D eigenvalue weighted by Gasteiger charge is -1.99. The first-order valence-electron chi connectivity index (χ1n) is 7.13. The maximum atomic E-state index is 12.3. The van der Waals surface area contributed by atoms with Gasteiger partial charge in [-0.3, -0.25) is 4.79 Å². The van der Waals surface area contributed by atoms with Gasteiger partial charge in [-0.15, -0.1) is 22.7 Å². The summed E-state index contributed by atoms with van der Waals surface area (Å²) in [4.78, 5) is 28.5. The lowest BCUT2D eigenvalue weighted by atomic mass is 10.2. The summed E-state index contributed by atoms with van der Waals surface area (Å²) in [6, 6.07) is 13.3. The van der Waals surface area contributed by atoms with Crippen molar-refractivity contribution >= 4 is 39.6 Å². The smallest absolute Gasteiger partial charge is 0.348 e. The van der Waals surface area contributed by atoms with Crippen molar-refractivity contribution in [2.24, 2.45) is 0 Å². The molecule has 1 amide bonds. The van der Waals surface area contributed by atoms with Crippen LogP contribution in [0.25, 0.3) is 0 Å². The Balaban J connectivity index is 1.65. The molecule has 1 aromatic carbocycles. The Kier molecular flexibility index (Phi) is 5.02. The Morgan fingerprint density at radius 3 is 2.71 bits per heavy atom. The second-order valence-corrected chi connectivity index (χ2v) is 6.92. The van der Waals surface area contributed by atoms with Crippen LogP contribution < -0.4 is 5.32 Å². The van der Waals surface area contributed by atoms with Crippen molar-refractivity contribution in [3.8, 4) is 0 Å². The van der Waals surface area contributed by atoms with E-state index >= 15 is 0 Å². The van der Waals surface area contributed by atoms with Crippen LogP contribution in [-0.4, -0.2) is 24.0 Å². The van der Waals surface area contributed by atoms with Crippen LogP contribution in [0.3, 0.4) is 0 Å². The van der Waals surface area contributed by atoms with E-state index in [0.717, 1.165) is 10.6 Å². The molecule has 0 fully saturated rings. The van der Waals surface area contributed by atoms with Crippen LogP contribution in [0, 0.1) is 0 Å². The van der Waals surface area contributed by atoms with Gasteiger partial charge in [0, 0.05) is 11.8 Å². The fraction of sp³-hybridized carbons (Fsp3) is 0.118. The van der Waals surface area contributed by atoms with E-state index in [0.29, 0.717) is 22.0 Å². The van der Waals surface area contributed by atoms with Crippen LogP contribution >= 0.6 is 22.7 Å². The van der Waals surface area contributed by atoms with Crippen LogP contribution in [0.4, 0.5) is 5.00 Å². The Bertz CT molecular complexity index is 856. The lowest BCUT2D eigenvalue weighted by Crippen LogP contribution is -2.11. The van der Waals surface area contributed by atoms with Gasteiger partial charge >= 0.3 is 5.97 Å². The molecule has 24 heavy (non-hydrogen) atoms. The topological polar surface area (TPSA) is 68.3 Å². The molecule has 0 radical (unpaired) electrons. The summed E-state index contributed by atoms with van der Waals surface area (Å²) in [7, 11) is 1.32. The quantitative estimate of drug-likeness (QED) is 0.704. The minimum atomic E-state index is -0.417. The third-order valence-corrected chi connectivity index (χ3v) is 5.04. The lowest BCUT2D eigenvalue weighted by molar-refractivity contribution is 0.0606. The van der Waals surface area contributed by atoms with Gasteiger partial charge in [-0.1, -0.05) is 30.3 Å². The number of thiophene rings is 1. The number of aromatic nitrogens is 1. The summed E-state index contributed by atoms with van der Waals surface area (Å²) < 4.78 is 4.65. The molecule has 0 aliphatic rings. The minimum absolute atomic E-state index is 0.288. The van der Waals surface area contributed by atoms with Gasteiger partial charge in [-0.25, -0.2) is 9.78 Å². The Morgan fingerprint density at radius 2 is 1.96 bits per heavy atom.